The van der Waals surface area contributed by atoms with Gasteiger partial charge in [0.15, 0.2) is 0 Å². The monoisotopic (exact) mass is 246 g/mol. The summed E-state index contributed by atoms with van der Waals surface area (Å²) in [5, 5.41) is 2.71. The van der Waals surface area contributed by atoms with Crippen LogP contribution in [0.4, 0.5) is 4.39 Å². The van der Waals surface area contributed by atoms with E-state index >= 15 is 0 Å². The minimum absolute atomic E-state index is 0.107. The normalized spacial score (nSPS) is 10.3. The summed E-state index contributed by atoms with van der Waals surface area (Å²) in [6, 6.07) is 8.33. The average molecular weight is 246 g/mol. The summed E-state index contributed by atoms with van der Waals surface area (Å²) in [5.41, 5.74) is 1.45. The third-order valence-corrected chi connectivity index (χ3v) is 2.69. The first-order chi connectivity index (χ1) is 8.65. The van der Waals surface area contributed by atoms with Crippen molar-refractivity contribution in [3.8, 4) is 0 Å². The fraction of sp³-hybridized carbons (Fsp3) is 0.214. The topological polar surface area (TPSA) is 34.0 Å². The minimum Gasteiger partial charge on any atom is -0.357 e. The van der Waals surface area contributed by atoms with E-state index in [1.807, 2.05) is 30.1 Å². The lowest BCUT2D eigenvalue weighted by molar-refractivity contribution is -0.120. The summed E-state index contributed by atoms with van der Waals surface area (Å²) >= 11 is 0. The number of benzene rings is 1. The van der Waals surface area contributed by atoms with E-state index in [9.17, 15) is 9.18 Å². The van der Waals surface area contributed by atoms with Crippen molar-refractivity contribution in [3.05, 3.63) is 59.7 Å². The molecule has 2 rings (SSSR count). The van der Waals surface area contributed by atoms with E-state index < -0.39 is 0 Å². The van der Waals surface area contributed by atoms with E-state index in [2.05, 4.69) is 5.32 Å². The fourth-order valence-electron chi connectivity index (χ4n) is 1.75. The number of nitrogens with zero attached hydrogens (tertiary/aromatic N) is 1. The summed E-state index contributed by atoms with van der Waals surface area (Å²) in [5.74, 6) is -0.401. The maximum atomic E-state index is 13.3. The molecule has 2 aromatic rings. The van der Waals surface area contributed by atoms with Crippen molar-refractivity contribution >= 4 is 5.91 Å². The van der Waals surface area contributed by atoms with Gasteiger partial charge in [-0.15, -0.1) is 0 Å². The van der Waals surface area contributed by atoms with E-state index in [-0.39, 0.29) is 18.3 Å². The molecule has 0 atom stereocenters. The maximum Gasteiger partial charge on any atom is 0.224 e. The number of rotatable bonds is 4. The standard InChI is InChI=1S/C14H15FN2O/c1-17-7-6-11(10-17)8-14(18)16-9-12-4-2-3-5-13(12)15/h2-7,10H,8-9H2,1H3,(H,16,18). The van der Waals surface area contributed by atoms with Gasteiger partial charge in [0.25, 0.3) is 0 Å². The van der Waals surface area contributed by atoms with E-state index in [4.69, 9.17) is 0 Å². The van der Waals surface area contributed by atoms with Crippen LogP contribution in [0, 0.1) is 5.82 Å². The molecule has 1 heterocycles. The predicted octanol–water partition coefficient (Wildman–Crippen LogP) is 2.02. The molecular formula is C14H15FN2O. The molecule has 0 aliphatic rings. The highest BCUT2D eigenvalue weighted by atomic mass is 19.1. The van der Waals surface area contributed by atoms with Crippen molar-refractivity contribution in [2.45, 2.75) is 13.0 Å². The molecule has 0 fully saturated rings. The van der Waals surface area contributed by atoms with Crippen LogP contribution in [-0.2, 0) is 24.8 Å². The second-order valence-corrected chi connectivity index (χ2v) is 4.23. The molecule has 18 heavy (non-hydrogen) atoms. The molecule has 1 aromatic heterocycles. The second kappa shape index (κ2) is 5.49. The van der Waals surface area contributed by atoms with Gasteiger partial charge in [0.2, 0.25) is 5.91 Å². The molecule has 1 aromatic carbocycles. The lowest BCUT2D eigenvalue weighted by Gasteiger charge is -2.05. The summed E-state index contributed by atoms with van der Waals surface area (Å²) in [6.07, 6.45) is 4.09. The smallest absolute Gasteiger partial charge is 0.224 e. The molecule has 0 radical (unpaired) electrons. The summed E-state index contributed by atoms with van der Waals surface area (Å²) in [4.78, 5) is 11.7. The highest BCUT2D eigenvalue weighted by Crippen LogP contribution is 2.06. The Kier molecular flexibility index (Phi) is 3.77. The first kappa shape index (κ1) is 12.4. The molecule has 0 unspecified atom stereocenters. The van der Waals surface area contributed by atoms with Gasteiger partial charge in [0, 0.05) is 31.5 Å². The third kappa shape index (κ3) is 3.20. The number of carbonyl (C=O) groups excluding carboxylic acids is 1. The van der Waals surface area contributed by atoms with Crippen molar-refractivity contribution in [3.63, 3.8) is 0 Å². The number of hydrogen-bond donors (Lipinski definition) is 1. The Hall–Kier alpha value is -2.10. The van der Waals surface area contributed by atoms with Crippen LogP contribution in [-0.4, -0.2) is 10.5 Å². The average Bonchev–Trinajstić information content (AvgIpc) is 2.74. The highest BCUT2D eigenvalue weighted by molar-refractivity contribution is 5.78. The Labute approximate surface area is 105 Å². The van der Waals surface area contributed by atoms with Gasteiger partial charge in [-0.2, -0.15) is 0 Å². The SMILES string of the molecule is Cn1ccc(CC(=O)NCc2ccccc2F)c1. The van der Waals surface area contributed by atoms with Crippen LogP contribution < -0.4 is 5.32 Å². The van der Waals surface area contributed by atoms with E-state index in [0.29, 0.717) is 12.0 Å². The molecule has 0 saturated heterocycles. The number of amides is 1. The van der Waals surface area contributed by atoms with Crippen LogP contribution in [0.2, 0.25) is 0 Å². The van der Waals surface area contributed by atoms with Crippen molar-refractivity contribution in [1.82, 2.24) is 9.88 Å². The van der Waals surface area contributed by atoms with Crippen molar-refractivity contribution in [2.75, 3.05) is 0 Å². The molecule has 0 saturated carbocycles. The molecule has 94 valence electrons. The van der Waals surface area contributed by atoms with Crippen LogP contribution >= 0.6 is 0 Å². The molecule has 0 aliphatic heterocycles. The number of carbonyl (C=O) groups is 1. The fourth-order valence-corrected chi connectivity index (χ4v) is 1.75. The minimum atomic E-state index is -0.294. The van der Waals surface area contributed by atoms with Gasteiger partial charge < -0.3 is 9.88 Å². The Morgan fingerprint density at radius 3 is 2.78 bits per heavy atom. The molecular weight excluding hydrogens is 231 g/mol. The highest BCUT2D eigenvalue weighted by Gasteiger charge is 2.06. The number of aryl methyl sites for hydroxylation is 1. The summed E-state index contributed by atoms with van der Waals surface area (Å²) in [7, 11) is 1.90. The van der Waals surface area contributed by atoms with Gasteiger partial charge in [-0.1, -0.05) is 18.2 Å². The van der Waals surface area contributed by atoms with Crippen LogP contribution in [0.1, 0.15) is 11.1 Å². The van der Waals surface area contributed by atoms with Gasteiger partial charge >= 0.3 is 0 Å². The van der Waals surface area contributed by atoms with Gasteiger partial charge in [0.05, 0.1) is 6.42 Å². The maximum absolute atomic E-state index is 13.3. The van der Waals surface area contributed by atoms with Crippen LogP contribution in [0.5, 0.6) is 0 Å². The molecule has 1 N–H and O–H groups in total. The Morgan fingerprint density at radius 2 is 2.11 bits per heavy atom. The third-order valence-electron chi connectivity index (χ3n) is 2.69. The van der Waals surface area contributed by atoms with E-state index in [1.165, 1.54) is 6.07 Å². The second-order valence-electron chi connectivity index (χ2n) is 4.23. The quantitative estimate of drug-likeness (QED) is 0.880. The van der Waals surface area contributed by atoms with Gasteiger partial charge in [-0.05, 0) is 17.7 Å². The summed E-state index contributed by atoms with van der Waals surface area (Å²) < 4.78 is 15.2. The largest absolute Gasteiger partial charge is 0.357 e. The Balaban J connectivity index is 1.87. The molecule has 0 spiro atoms. The van der Waals surface area contributed by atoms with Gasteiger partial charge in [-0.25, -0.2) is 4.39 Å². The van der Waals surface area contributed by atoms with Gasteiger partial charge in [0.1, 0.15) is 5.82 Å². The molecule has 0 bridgehead atoms. The predicted molar refractivity (Wildman–Crippen MR) is 67.4 cm³/mol. The Morgan fingerprint density at radius 1 is 1.33 bits per heavy atom. The molecule has 4 heteroatoms. The lowest BCUT2D eigenvalue weighted by Crippen LogP contribution is -2.24. The molecule has 3 nitrogen and oxygen atoms in total. The van der Waals surface area contributed by atoms with Crippen LogP contribution in [0.15, 0.2) is 42.7 Å². The molecule has 0 aliphatic carbocycles. The van der Waals surface area contributed by atoms with E-state index in [1.54, 1.807) is 18.2 Å². The number of nitrogens with one attached hydrogen (secondary N) is 1. The van der Waals surface area contributed by atoms with Gasteiger partial charge in [-0.3, -0.25) is 4.79 Å². The number of aromatic nitrogens is 1. The summed E-state index contributed by atoms with van der Waals surface area (Å²) in [6.45, 7) is 0.221. The number of halogens is 1. The van der Waals surface area contributed by atoms with Crippen LogP contribution in [0.25, 0.3) is 0 Å². The van der Waals surface area contributed by atoms with Crippen molar-refractivity contribution in [1.29, 1.82) is 0 Å². The lowest BCUT2D eigenvalue weighted by atomic mass is 10.2. The first-order valence-corrected chi connectivity index (χ1v) is 5.76. The zero-order valence-corrected chi connectivity index (χ0v) is 10.2. The molecule has 1 amide bonds. The number of hydrogen-bond acceptors (Lipinski definition) is 1. The zero-order valence-electron chi connectivity index (χ0n) is 10.2. The van der Waals surface area contributed by atoms with E-state index in [0.717, 1.165) is 5.56 Å². The van der Waals surface area contributed by atoms with Crippen molar-refractivity contribution < 1.29 is 9.18 Å². The zero-order chi connectivity index (χ0) is 13.0. The first-order valence-electron chi connectivity index (χ1n) is 5.76. The van der Waals surface area contributed by atoms with Crippen molar-refractivity contribution in [2.24, 2.45) is 7.05 Å². The Bertz CT molecular complexity index is 548. The van der Waals surface area contributed by atoms with Crippen LogP contribution in [0.3, 0.4) is 0 Å².